The van der Waals surface area contributed by atoms with Crippen LogP contribution >= 0.6 is 11.6 Å². The van der Waals surface area contributed by atoms with Crippen molar-refractivity contribution in [2.24, 2.45) is 0 Å². The first-order valence-corrected chi connectivity index (χ1v) is 8.51. The van der Waals surface area contributed by atoms with Crippen LogP contribution in [0.1, 0.15) is 12.8 Å². The van der Waals surface area contributed by atoms with Gasteiger partial charge in [0.05, 0.1) is 9.92 Å². The Kier molecular flexibility index (Phi) is 4.04. The predicted molar refractivity (Wildman–Crippen MR) is 79.2 cm³/mol. The van der Waals surface area contributed by atoms with Gasteiger partial charge in [-0.1, -0.05) is 11.6 Å². The molecule has 1 fully saturated rings. The molecule has 0 bridgehead atoms. The zero-order valence-corrected chi connectivity index (χ0v) is 13.3. The zero-order chi connectivity index (χ0) is 16.6. The second kappa shape index (κ2) is 5.87. The van der Waals surface area contributed by atoms with E-state index >= 15 is 0 Å². The van der Waals surface area contributed by atoms with E-state index in [2.05, 4.69) is 20.6 Å². The van der Waals surface area contributed by atoms with Gasteiger partial charge in [0.25, 0.3) is 0 Å². The third kappa shape index (κ3) is 2.80. The Morgan fingerprint density at radius 1 is 1.43 bits per heavy atom. The highest BCUT2D eigenvalue weighted by atomic mass is 35.5. The molecule has 1 aliphatic heterocycles. The van der Waals surface area contributed by atoms with E-state index in [1.54, 1.807) is 0 Å². The van der Waals surface area contributed by atoms with Gasteiger partial charge in [-0.2, -0.15) is 9.52 Å². The standard InChI is InChI=1S/C12H12ClN5O4S/c13-9-4-3-7(6-8(9)11-14-16-17-15-11)23(21,22)18-5-1-2-10(18)12(19)20/h3-4,6,10H,1-2,5H2,(H,19,20)(H,14,15,16,17)/t10-/m0/s1. The number of sulfonamides is 1. The molecule has 3 rings (SSSR count). The van der Waals surface area contributed by atoms with Gasteiger partial charge in [-0.15, -0.1) is 10.2 Å². The van der Waals surface area contributed by atoms with Gasteiger partial charge in [-0.3, -0.25) is 4.79 Å². The summed E-state index contributed by atoms with van der Waals surface area (Å²) in [6, 6.07) is 3.01. The number of halogens is 1. The van der Waals surface area contributed by atoms with Crippen molar-refractivity contribution in [2.75, 3.05) is 6.54 Å². The van der Waals surface area contributed by atoms with Gasteiger partial charge in [-0.05, 0) is 36.3 Å². The average molecular weight is 358 g/mol. The number of benzene rings is 1. The average Bonchev–Trinajstić information content (AvgIpc) is 3.19. The van der Waals surface area contributed by atoms with E-state index in [4.69, 9.17) is 11.6 Å². The van der Waals surface area contributed by atoms with E-state index in [9.17, 15) is 18.3 Å². The maximum Gasteiger partial charge on any atom is 0.322 e. The molecule has 2 N–H and O–H groups in total. The fraction of sp³-hybridized carbons (Fsp3) is 0.333. The molecule has 1 aromatic heterocycles. The van der Waals surface area contributed by atoms with E-state index in [0.717, 1.165) is 4.31 Å². The summed E-state index contributed by atoms with van der Waals surface area (Å²) in [5.41, 5.74) is 0.299. The molecule has 9 nitrogen and oxygen atoms in total. The number of hydrogen-bond donors (Lipinski definition) is 2. The second-order valence-corrected chi connectivity index (χ2v) is 7.29. The number of nitrogens with one attached hydrogen (secondary N) is 1. The molecule has 1 aromatic carbocycles. The van der Waals surface area contributed by atoms with Crippen LogP contribution in [0.4, 0.5) is 0 Å². The lowest BCUT2D eigenvalue weighted by atomic mass is 10.2. The van der Waals surface area contributed by atoms with Crippen LogP contribution in [0.15, 0.2) is 23.1 Å². The summed E-state index contributed by atoms with van der Waals surface area (Å²) in [5, 5.41) is 22.7. The van der Waals surface area contributed by atoms with E-state index in [-0.39, 0.29) is 22.3 Å². The van der Waals surface area contributed by atoms with Crippen molar-refractivity contribution >= 4 is 27.6 Å². The van der Waals surface area contributed by atoms with Crippen LogP contribution in [-0.2, 0) is 14.8 Å². The first-order valence-electron chi connectivity index (χ1n) is 6.69. The predicted octanol–water partition coefficient (Wildman–Crippen LogP) is 0.758. The summed E-state index contributed by atoms with van der Waals surface area (Å²) in [5.74, 6) is -0.998. The van der Waals surface area contributed by atoms with Gasteiger partial charge >= 0.3 is 5.97 Å². The fourth-order valence-electron chi connectivity index (χ4n) is 2.52. The minimum Gasteiger partial charge on any atom is -0.480 e. The third-order valence-electron chi connectivity index (χ3n) is 3.62. The smallest absolute Gasteiger partial charge is 0.322 e. The Morgan fingerprint density at radius 2 is 2.22 bits per heavy atom. The molecule has 11 heteroatoms. The van der Waals surface area contributed by atoms with Crippen LogP contribution in [0.25, 0.3) is 11.4 Å². The summed E-state index contributed by atoms with van der Waals surface area (Å²) in [6.07, 6.45) is 0.793. The van der Waals surface area contributed by atoms with Crippen molar-refractivity contribution in [3.05, 3.63) is 23.2 Å². The first-order chi connectivity index (χ1) is 10.9. The zero-order valence-electron chi connectivity index (χ0n) is 11.7. The van der Waals surface area contributed by atoms with Crippen molar-refractivity contribution in [3.8, 4) is 11.4 Å². The van der Waals surface area contributed by atoms with Crippen LogP contribution in [0.2, 0.25) is 5.02 Å². The maximum atomic E-state index is 12.7. The number of hydrogen-bond acceptors (Lipinski definition) is 6. The Balaban J connectivity index is 2.04. The monoisotopic (exact) mass is 357 g/mol. The van der Waals surface area contributed by atoms with E-state index in [1.165, 1.54) is 18.2 Å². The highest BCUT2D eigenvalue weighted by Crippen LogP contribution is 2.31. The molecule has 1 saturated heterocycles. The molecule has 1 aliphatic rings. The van der Waals surface area contributed by atoms with Gasteiger partial charge in [0, 0.05) is 12.1 Å². The van der Waals surface area contributed by atoms with E-state index < -0.39 is 22.0 Å². The summed E-state index contributed by atoms with van der Waals surface area (Å²) >= 11 is 6.05. The Bertz CT molecular complexity index is 839. The fourth-order valence-corrected chi connectivity index (χ4v) is 4.40. The van der Waals surface area contributed by atoms with Crippen molar-refractivity contribution < 1.29 is 18.3 Å². The quantitative estimate of drug-likeness (QED) is 0.826. The van der Waals surface area contributed by atoms with Crippen LogP contribution in [0.3, 0.4) is 0 Å². The number of carboxylic acids is 1. The molecule has 0 saturated carbocycles. The van der Waals surface area contributed by atoms with Crippen molar-refractivity contribution in [2.45, 2.75) is 23.8 Å². The number of nitrogens with zero attached hydrogens (tertiary/aromatic N) is 4. The number of rotatable bonds is 4. The molecule has 23 heavy (non-hydrogen) atoms. The Morgan fingerprint density at radius 3 is 2.87 bits per heavy atom. The summed E-state index contributed by atoms with van der Waals surface area (Å²) in [6.45, 7) is 0.166. The lowest BCUT2D eigenvalue weighted by Crippen LogP contribution is -2.40. The van der Waals surface area contributed by atoms with Gasteiger partial charge in [0.2, 0.25) is 15.8 Å². The van der Waals surface area contributed by atoms with Crippen molar-refractivity contribution in [3.63, 3.8) is 0 Å². The lowest BCUT2D eigenvalue weighted by molar-refractivity contribution is -0.140. The summed E-state index contributed by atoms with van der Waals surface area (Å²) in [4.78, 5) is 11.2. The van der Waals surface area contributed by atoms with Gasteiger partial charge in [0.15, 0.2) is 0 Å². The maximum absolute atomic E-state index is 12.7. The number of H-pyrrole nitrogens is 1. The molecule has 0 amide bonds. The van der Waals surface area contributed by atoms with Gasteiger partial charge in [-0.25, -0.2) is 8.42 Å². The van der Waals surface area contributed by atoms with Gasteiger partial charge in [0.1, 0.15) is 6.04 Å². The molecular weight excluding hydrogens is 346 g/mol. The normalized spacial score (nSPS) is 19.1. The highest BCUT2D eigenvalue weighted by molar-refractivity contribution is 7.89. The van der Waals surface area contributed by atoms with Crippen LogP contribution in [0.5, 0.6) is 0 Å². The number of aliphatic carboxylic acids is 1. The highest BCUT2D eigenvalue weighted by Gasteiger charge is 2.39. The number of carboxylic acid groups (broad SMARTS) is 1. The first kappa shape index (κ1) is 15.8. The number of aromatic nitrogens is 4. The molecule has 2 heterocycles. The van der Waals surface area contributed by atoms with E-state index in [0.29, 0.717) is 18.4 Å². The third-order valence-corrected chi connectivity index (χ3v) is 5.85. The van der Waals surface area contributed by atoms with Crippen LogP contribution in [-0.4, -0.2) is 57.0 Å². The molecule has 0 radical (unpaired) electrons. The van der Waals surface area contributed by atoms with Crippen LogP contribution in [0, 0.1) is 0 Å². The minimum absolute atomic E-state index is 0.0603. The summed E-state index contributed by atoms with van der Waals surface area (Å²) < 4.78 is 26.5. The molecule has 0 spiro atoms. The van der Waals surface area contributed by atoms with Crippen molar-refractivity contribution in [1.82, 2.24) is 24.9 Å². The molecule has 2 aromatic rings. The molecule has 1 atom stereocenters. The Hall–Kier alpha value is -2.04. The molecule has 0 unspecified atom stereocenters. The second-order valence-electron chi connectivity index (χ2n) is 4.99. The topological polar surface area (TPSA) is 129 Å². The number of carbonyl (C=O) groups is 1. The SMILES string of the molecule is O=C(O)[C@@H]1CCCN1S(=O)(=O)c1ccc(Cl)c(-c2nn[nH]n2)c1. The molecule has 0 aliphatic carbocycles. The Labute approximate surface area is 136 Å². The number of tetrazole rings is 1. The molecule has 122 valence electrons. The van der Waals surface area contributed by atoms with Gasteiger partial charge < -0.3 is 5.11 Å². The van der Waals surface area contributed by atoms with Crippen LogP contribution < -0.4 is 0 Å². The lowest BCUT2D eigenvalue weighted by Gasteiger charge is -2.21. The van der Waals surface area contributed by atoms with Crippen molar-refractivity contribution in [1.29, 1.82) is 0 Å². The summed E-state index contributed by atoms with van der Waals surface area (Å²) in [7, 11) is -3.96. The number of aromatic amines is 1. The molecular formula is C12H12ClN5O4S. The van der Waals surface area contributed by atoms with E-state index in [1.807, 2.05) is 0 Å². The minimum atomic E-state index is -3.96. The largest absolute Gasteiger partial charge is 0.480 e.